The highest BCUT2D eigenvalue weighted by atomic mass is 32.2. The first-order valence-corrected chi connectivity index (χ1v) is 9.51. The molecular formula is C14H23NO3S2. The Morgan fingerprint density at radius 1 is 1.30 bits per heavy atom. The van der Waals surface area contributed by atoms with Gasteiger partial charge in [-0.1, -0.05) is 12.1 Å². The molecule has 1 unspecified atom stereocenters. The fraction of sp³-hybridized carbons (Fsp3) is 0.571. The summed E-state index contributed by atoms with van der Waals surface area (Å²) in [6, 6.07) is 6.37. The van der Waals surface area contributed by atoms with Crippen LogP contribution in [0.1, 0.15) is 25.5 Å². The molecule has 0 bridgehead atoms. The van der Waals surface area contributed by atoms with E-state index in [9.17, 15) is 13.5 Å². The van der Waals surface area contributed by atoms with E-state index >= 15 is 0 Å². The molecule has 1 rings (SSSR count). The number of aliphatic hydroxyl groups is 1. The number of aliphatic hydroxyl groups excluding tert-OH is 1. The maximum absolute atomic E-state index is 11.4. The number of rotatable bonds is 7. The topological polar surface area (TPSA) is 66.4 Å². The lowest BCUT2D eigenvalue weighted by atomic mass is 10.1. The third kappa shape index (κ3) is 5.44. The molecule has 0 aromatic heterocycles. The summed E-state index contributed by atoms with van der Waals surface area (Å²) < 4.78 is 22.8. The summed E-state index contributed by atoms with van der Waals surface area (Å²) in [4.78, 5) is 0.268. The molecule has 0 saturated carbocycles. The van der Waals surface area contributed by atoms with Crippen molar-refractivity contribution in [1.29, 1.82) is 0 Å². The minimum Gasteiger partial charge on any atom is -0.387 e. The van der Waals surface area contributed by atoms with E-state index in [-0.39, 0.29) is 9.64 Å². The second-order valence-corrected chi connectivity index (χ2v) is 8.98. The first-order chi connectivity index (χ1) is 9.15. The maximum atomic E-state index is 11.4. The van der Waals surface area contributed by atoms with Gasteiger partial charge in [0.1, 0.15) is 0 Å². The van der Waals surface area contributed by atoms with Crippen molar-refractivity contribution in [2.24, 2.45) is 0 Å². The Kier molecular flexibility index (Phi) is 6.06. The molecule has 1 atom stereocenters. The van der Waals surface area contributed by atoms with E-state index in [0.29, 0.717) is 12.1 Å². The SMILES string of the molecule is CSC(C)(C)CNCC(O)c1ccc(S(C)(=O)=O)cc1. The van der Waals surface area contributed by atoms with Crippen LogP contribution in [0.25, 0.3) is 0 Å². The van der Waals surface area contributed by atoms with Gasteiger partial charge in [0.15, 0.2) is 9.84 Å². The molecule has 0 saturated heterocycles. The van der Waals surface area contributed by atoms with Crippen LogP contribution in [0.5, 0.6) is 0 Å². The second kappa shape index (κ2) is 6.93. The van der Waals surface area contributed by atoms with Crippen LogP contribution in [0.15, 0.2) is 29.2 Å². The van der Waals surface area contributed by atoms with Crippen molar-refractivity contribution in [3.8, 4) is 0 Å². The monoisotopic (exact) mass is 317 g/mol. The lowest BCUT2D eigenvalue weighted by Crippen LogP contribution is -2.34. The Hall–Kier alpha value is -0.560. The smallest absolute Gasteiger partial charge is 0.175 e. The quantitative estimate of drug-likeness (QED) is 0.803. The molecule has 6 heteroatoms. The Morgan fingerprint density at radius 3 is 2.30 bits per heavy atom. The largest absolute Gasteiger partial charge is 0.387 e. The summed E-state index contributed by atoms with van der Waals surface area (Å²) in [6.45, 7) is 5.52. The highest BCUT2D eigenvalue weighted by molar-refractivity contribution is 7.99. The third-order valence-electron chi connectivity index (χ3n) is 3.13. The Bertz CT molecular complexity index is 524. The summed E-state index contributed by atoms with van der Waals surface area (Å²) in [7, 11) is -3.18. The zero-order chi connectivity index (χ0) is 15.4. The molecule has 0 fully saturated rings. The van der Waals surface area contributed by atoms with Crippen molar-refractivity contribution in [2.75, 3.05) is 25.6 Å². The number of sulfone groups is 1. The molecule has 0 aliphatic carbocycles. The van der Waals surface area contributed by atoms with E-state index in [0.717, 1.165) is 6.54 Å². The highest BCUT2D eigenvalue weighted by Gasteiger charge is 2.16. The minimum absolute atomic E-state index is 0.125. The van der Waals surface area contributed by atoms with E-state index in [2.05, 4.69) is 25.4 Å². The first-order valence-electron chi connectivity index (χ1n) is 6.40. The van der Waals surface area contributed by atoms with E-state index in [1.54, 1.807) is 23.9 Å². The van der Waals surface area contributed by atoms with Gasteiger partial charge in [0.05, 0.1) is 11.0 Å². The molecular weight excluding hydrogens is 294 g/mol. The lowest BCUT2D eigenvalue weighted by Gasteiger charge is -2.23. The fourth-order valence-corrected chi connectivity index (χ4v) is 2.51. The Balaban J connectivity index is 2.58. The first kappa shape index (κ1) is 17.5. The zero-order valence-corrected chi connectivity index (χ0v) is 14.0. The van der Waals surface area contributed by atoms with E-state index in [4.69, 9.17) is 0 Å². The average molecular weight is 317 g/mol. The summed E-state index contributed by atoms with van der Waals surface area (Å²) in [5, 5.41) is 13.3. The van der Waals surface area contributed by atoms with E-state index in [1.807, 2.05) is 0 Å². The lowest BCUT2D eigenvalue weighted by molar-refractivity contribution is 0.174. The van der Waals surface area contributed by atoms with Gasteiger partial charge in [0.25, 0.3) is 0 Å². The minimum atomic E-state index is -3.18. The number of thioether (sulfide) groups is 1. The van der Waals surface area contributed by atoms with Crippen LogP contribution in [0.4, 0.5) is 0 Å². The van der Waals surface area contributed by atoms with E-state index < -0.39 is 15.9 Å². The van der Waals surface area contributed by atoms with Gasteiger partial charge >= 0.3 is 0 Å². The number of nitrogens with one attached hydrogen (secondary N) is 1. The molecule has 0 aliphatic rings. The molecule has 2 N–H and O–H groups in total. The van der Waals surface area contributed by atoms with Crippen LogP contribution in [0.2, 0.25) is 0 Å². The van der Waals surface area contributed by atoms with Gasteiger partial charge in [-0.15, -0.1) is 0 Å². The Morgan fingerprint density at radius 2 is 1.85 bits per heavy atom. The summed E-state index contributed by atoms with van der Waals surface area (Å²) in [5.41, 5.74) is 0.715. The maximum Gasteiger partial charge on any atom is 0.175 e. The average Bonchev–Trinajstić information content (AvgIpc) is 2.37. The predicted octanol–water partition coefficient (Wildman–Crippen LogP) is 1.85. The van der Waals surface area contributed by atoms with E-state index in [1.165, 1.54) is 18.4 Å². The number of hydrogen-bond donors (Lipinski definition) is 2. The molecule has 4 nitrogen and oxygen atoms in total. The predicted molar refractivity (Wildman–Crippen MR) is 85.0 cm³/mol. The van der Waals surface area contributed by atoms with Crippen LogP contribution < -0.4 is 5.32 Å². The van der Waals surface area contributed by atoms with Crippen LogP contribution in [-0.4, -0.2) is 43.9 Å². The molecule has 0 heterocycles. The third-order valence-corrected chi connectivity index (χ3v) is 5.51. The summed E-state index contributed by atoms with van der Waals surface area (Å²) >= 11 is 1.77. The van der Waals surface area contributed by atoms with Crippen LogP contribution in [0.3, 0.4) is 0 Å². The van der Waals surface area contributed by atoms with Gasteiger partial charge in [-0.3, -0.25) is 0 Å². The molecule has 0 amide bonds. The van der Waals surface area contributed by atoms with Crippen molar-refractivity contribution in [3.63, 3.8) is 0 Å². The normalized spacial score (nSPS) is 14.2. The van der Waals surface area contributed by atoms with Crippen LogP contribution >= 0.6 is 11.8 Å². The fourth-order valence-electron chi connectivity index (χ4n) is 1.64. The second-order valence-electron chi connectivity index (χ2n) is 5.45. The van der Waals surface area contributed by atoms with Gasteiger partial charge in [-0.25, -0.2) is 8.42 Å². The van der Waals surface area contributed by atoms with Gasteiger partial charge in [0, 0.05) is 24.1 Å². The van der Waals surface area contributed by atoms with Gasteiger partial charge in [0.2, 0.25) is 0 Å². The van der Waals surface area contributed by atoms with Crippen molar-refractivity contribution in [2.45, 2.75) is 29.6 Å². The molecule has 1 aromatic rings. The number of benzene rings is 1. The Labute approximate surface area is 125 Å². The van der Waals surface area contributed by atoms with Gasteiger partial charge in [-0.2, -0.15) is 11.8 Å². The van der Waals surface area contributed by atoms with Crippen molar-refractivity contribution < 1.29 is 13.5 Å². The zero-order valence-electron chi connectivity index (χ0n) is 12.4. The van der Waals surface area contributed by atoms with Gasteiger partial charge < -0.3 is 10.4 Å². The van der Waals surface area contributed by atoms with Crippen molar-refractivity contribution in [1.82, 2.24) is 5.32 Å². The molecule has 0 spiro atoms. The summed E-state index contributed by atoms with van der Waals surface area (Å²) in [5.74, 6) is 0. The van der Waals surface area contributed by atoms with Crippen LogP contribution in [-0.2, 0) is 9.84 Å². The molecule has 1 aromatic carbocycles. The van der Waals surface area contributed by atoms with Crippen molar-refractivity contribution >= 4 is 21.6 Å². The van der Waals surface area contributed by atoms with Crippen molar-refractivity contribution in [3.05, 3.63) is 29.8 Å². The highest BCUT2D eigenvalue weighted by Crippen LogP contribution is 2.20. The number of hydrogen-bond acceptors (Lipinski definition) is 5. The summed E-state index contributed by atoms with van der Waals surface area (Å²) in [6.07, 6.45) is 2.59. The standard InChI is InChI=1S/C14H23NO3S2/c1-14(2,19-3)10-15-9-13(16)11-5-7-12(8-6-11)20(4,17)18/h5-8,13,15-16H,9-10H2,1-4H3. The van der Waals surface area contributed by atoms with Crippen LogP contribution in [0, 0.1) is 0 Å². The molecule has 0 radical (unpaired) electrons. The van der Waals surface area contributed by atoms with Gasteiger partial charge in [-0.05, 0) is 37.8 Å². The molecule has 0 aliphatic heterocycles. The molecule has 20 heavy (non-hydrogen) atoms. The molecule has 114 valence electrons.